The quantitative estimate of drug-likeness (QED) is 0.518. The van der Waals surface area contributed by atoms with Gasteiger partial charge in [-0.3, -0.25) is 4.79 Å². The van der Waals surface area contributed by atoms with Crippen LogP contribution >= 0.6 is 12.4 Å². The van der Waals surface area contributed by atoms with Crippen molar-refractivity contribution in [2.24, 2.45) is 5.92 Å². The maximum Gasteiger partial charge on any atom is 0.223 e. The molecule has 3 nitrogen and oxygen atoms in total. The molecule has 0 unspecified atom stereocenters. The van der Waals surface area contributed by atoms with Crippen molar-refractivity contribution < 1.29 is 4.79 Å². The Kier molecular flexibility index (Phi) is 15.4. The molecule has 0 aliphatic carbocycles. The lowest BCUT2D eigenvalue weighted by Gasteiger charge is -2.21. The van der Waals surface area contributed by atoms with Crippen LogP contribution < -0.4 is 10.6 Å². The maximum atomic E-state index is 11.9. The van der Waals surface area contributed by atoms with Crippen LogP contribution in [0.15, 0.2) is 0 Å². The fourth-order valence-corrected chi connectivity index (χ4v) is 3.05. The highest BCUT2D eigenvalue weighted by Crippen LogP contribution is 2.12. The van der Waals surface area contributed by atoms with Crippen LogP contribution in [0, 0.1) is 5.92 Å². The molecule has 1 aliphatic rings. The summed E-state index contributed by atoms with van der Waals surface area (Å²) in [5, 5.41) is 6.41. The van der Waals surface area contributed by atoms with Crippen LogP contribution in [0.2, 0.25) is 0 Å². The second kappa shape index (κ2) is 15.6. The molecule has 2 N–H and O–H groups in total. The minimum atomic E-state index is 0. The molecule has 22 heavy (non-hydrogen) atoms. The van der Waals surface area contributed by atoms with Crippen LogP contribution in [0.25, 0.3) is 0 Å². The van der Waals surface area contributed by atoms with E-state index in [9.17, 15) is 4.79 Å². The number of piperidine rings is 1. The number of hydrogen-bond acceptors (Lipinski definition) is 2. The summed E-state index contributed by atoms with van der Waals surface area (Å²) in [5.74, 6) is 0.543. The Balaban J connectivity index is 0.00000441. The second-order valence-electron chi connectivity index (χ2n) is 6.50. The van der Waals surface area contributed by atoms with Gasteiger partial charge in [0.15, 0.2) is 0 Å². The monoisotopic (exact) mass is 332 g/mol. The van der Waals surface area contributed by atoms with E-state index in [0.29, 0.717) is 0 Å². The Hall–Kier alpha value is -0.280. The molecule has 1 aliphatic heterocycles. The summed E-state index contributed by atoms with van der Waals surface area (Å²) in [6, 6.07) is 0. The zero-order valence-electron chi connectivity index (χ0n) is 14.5. The lowest BCUT2D eigenvalue weighted by Crippen LogP contribution is -2.38. The van der Waals surface area contributed by atoms with Gasteiger partial charge in [0.25, 0.3) is 0 Å². The molecule has 0 atom stereocenters. The molecule has 0 aromatic carbocycles. The van der Waals surface area contributed by atoms with Crippen LogP contribution in [0.5, 0.6) is 0 Å². The number of amides is 1. The lowest BCUT2D eigenvalue weighted by molar-refractivity contribution is -0.125. The van der Waals surface area contributed by atoms with Crippen LogP contribution in [-0.4, -0.2) is 25.5 Å². The van der Waals surface area contributed by atoms with E-state index in [0.717, 1.165) is 38.9 Å². The molecule has 0 bridgehead atoms. The number of rotatable bonds is 12. The Labute approximate surface area is 143 Å². The van der Waals surface area contributed by atoms with Gasteiger partial charge in [-0.1, -0.05) is 64.7 Å². The van der Waals surface area contributed by atoms with Crippen molar-refractivity contribution in [2.75, 3.05) is 19.6 Å². The first-order valence-corrected chi connectivity index (χ1v) is 9.33. The smallest absolute Gasteiger partial charge is 0.223 e. The first-order chi connectivity index (χ1) is 10.3. The molecule has 0 spiro atoms. The summed E-state index contributed by atoms with van der Waals surface area (Å²) in [5.41, 5.74) is 0. The minimum absolute atomic E-state index is 0. The van der Waals surface area contributed by atoms with Gasteiger partial charge in [0.05, 0.1) is 0 Å². The average Bonchev–Trinajstić information content (AvgIpc) is 2.53. The molecule has 0 aromatic heterocycles. The number of carbonyl (C=O) groups excluding carboxylic acids is 1. The lowest BCUT2D eigenvalue weighted by atomic mass is 9.97. The molecule has 0 saturated carbocycles. The first-order valence-electron chi connectivity index (χ1n) is 9.33. The topological polar surface area (TPSA) is 41.1 Å². The van der Waals surface area contributed by atoms with Crippen LogP contribution in [-0.2, 0) is 4.79 Å². The SMILES string of the molecule is CCCCCCCCCCCCNC(=O)C1CCNCC1.Cl. The molecule has 0 aromatic rings. The van der Waals surface area contributed by atoms with Crippen LogP contribution in [0.3, 0.4) is 0 Å². The number of carbonyl (C=O) groups is 1. The standard InChI is InChI=1S/C18H36N2O.ClH/c1-2-3-4-5-6-7-8-9-10-11-14-20-18(21)17-12-15-19-16-13-17;/h17,19H,2-16H2,1H3,(H,20,21);1H. The van der Waals surface area contributed by atoms with Crippen molar-refractivity contribution in [3.8, 4) is 0 Å². The van der Waals surface area contributed by atoms with E-state index in [2.05, 4.69) is 17.6 Å². The normalized spacial score (nSPS) is 15.3. The molecule has 1 saturated heterocycles. The van der Waals surface area contributed by atoms with E-state index in [1.807, 2.05) is 0 Å². The fraction of sp³-hybridized carbons (Fsp3) is 0.944. The highest BCUT2D eigenvalue weighted by atomic mass is 35.5. The molecular weight excluding hydrogens is 296 g/mol. The van der Waals surface area contributed by atoms with Gasteiger partial charge in [-0.2, -0.15) is 0 Å². The third-order valence-corrected chi connectivity index (χ3v) is 4.54. The van der Waals surface area contributed by atoms with Gasteiger partial charge in [0.1, 0.15) is 0 Å². The average molecular weight is 333 g/mol. The van der Waals surface area contributed by atoms with Gasteiger partial charge >= 0.3 is 0 Å². The molecule has 4 heteroatoms. The molecule has 132 valence electrons. The summed E-state index contributed by atoms with van der Waals surface area (Å²) in [7, 11) is 0. The van der Waals surface area contributed by atoms with Crippen LogP contribution in [0.1, 0.15) is 84.0 Å². The van der Waals surface area contributed by atoms with Crippen molar-refractivity contribution in [3.63, 3.8) is 0 Å². The van der Waals surface area contributed by atoms with E-state index in [1.165, 1.54) is 57.8 Å². The first kappa shape index (κ1) is 21.7. The maximum absolute atomic E-state index is 11.9. The second-order valence-corrected chi connectivity index (χ2v) is 6.50. The molecular formula is C18H37ClN2O. The summed E-state index contributed by atoms with van der Waals surface area (Å²) in [6.07, 6.45) is 15.5. The van der Waals surface area contributed by atoms with Crippen molar-refractivity contribution in [3.05, 3.63) is 0 Å². The number of unbranched alkanes of at least 4 members (excludes halogenated alkanes) is 9. The van der Waals surface area contributed by atoms with Crippen LogP contribution in [0.4, 0.5) is 0 Å². The zero-order chi connectivity index (χ0) is 15.2. The predicted octanol–water partition coefficient (Wildman–Crippen LogP) is 4.44. The van der Waals surface area contributed by atoms with Crippen molar-refractivity contribution >= 4 is 18.3 Å². The summed E-state index contributed by atoms with van der Waals surface area (Å²) in [6.45, 7) is 5.13. The fourth-order valence-electron chi connectivity index (χ4n) is 3.05. The number of hydrogen-bond donors (Lipinski definition) is 2. The third kappa shape index (κ3) is 11.3. The minimum Gasteiger partial charge on any atom is -0.356 e. The summed E-state index contributed by atoms with van der Waals surface area (Å²) in [4.78, 5) is 11.9. The molecule has 1 fully saturated rings. The zero-order valence-corrected chi connectivity index (χ0v) is 15.3. The Bertz CT molecular complexity index is 255. The highest BCUT2D eigenvalue weighted by molar-refractivity contribution is 5.85. The van der Waals surface area contributed by atoms with E-state index < -0.39 is 0 Å². The highest BCUT2D eigenvalue weighted by Gasteiger charge is 2.19. The Morgan fingerprint density at radius 3 is 1.95 bits per heavy atom. The Morgan fingerprint density at radius 2 is 1.41 bits per heavy atom. The summed E-state index contributed by atoms with van der Waals surface area (Å²) < 4.78 is 0. The van der Waals surface area contributed by atoms with Crippen molar-refractivity contribution in [2.45, 2.75) is 84.0 Å². The van der Waals surface area contributed by atoms with E-state index >= 15 is 0 Å². The van der Waals surface area contributed by atoms with Crippen molar-refractivity contribution in [1.82, 2.24) is 10.6 Å². The van der Waals surface area contributed by atoms with E-state index in [1.54, 1.807) is 0 Å². The number of halogens is 1. The van der Waals surface area contributed by atoms with Crippen molar-refractivity contribution in [1.29, 1.82) is 0 Å². The molecule has 0 radical (unpaired) electrons. The predicted molar refractivity (Wildman–Crippen MR) is 97.7 cm³/mol. The van der Waals surface area contributed by atoms with Gasteiger partial charge < -0.3 is 10.6 Å². The third-order valence-electron chi connectivity index (χ3n) is 4.54. The van der Waals surface area contributed by atoms with E-state index in [4.69, 9.17) is 0 Å². The van der Waals surface area contributed by atoms with Gasteiger partial charge in [-0.15, -0.1) is 12.4 Å². The molecule has 1 heterocycles. The number of nitrogens with one attached hydrogen (secondary N) is 2. The largest absolute Gasteiger partial charge is 0.356 e. The van der Waals surface area contributed by atoms with Gasteiger partial charge in [0.2, 0.25) is 5.91 Å². The molecule has 1 rings (SSSR count). The molecule has 1 amide bonds. The van der Waals surface area contributed by atoms with Gasteiger partial charge in [-0.05, 0) is 32.4 Å². The van der Waals surface area contributed by atoms with E-state index in [-0.39, 0.29) is 24.2 Å². The Morgan fingerprint density at radius 1 is 0.909 bits per heavy atom. The van der Waals surface area contributed by atoms with Gasteiger partial charge in [-0.25, -0.2) is 0 Å². The van der Waals surface area contributed by atoms with Gasteiger partial charge in [0, 0.05) is 12.5 Å². The summed E-state index contributed by atoms with van der Waals surface area (Å²) >= 11 is 0.